The van der Waals surface area contributed by atoms with Gasteiger partial charge in [-0.2, -0.15) is 0 Å². The molecule has 0 unspecified atom stereocenters. The van der Waals surface area contributed by atoms with Gasteiger partial charge in [0.25, 0.3) is 0 Å². The molecule has 0 aromatic heterocycles. The maximum Gasteiger partial charge on any atom is 0.327 e. The topological polar surface area (TPSA) is 105 Å². The van der Waals surface area contributed by atoms with Gasteiger partial charge < -0.3 is 20.5 Å². The molecule has 1 aliphatic heterocycles. The number of para-hydroxylation sites is 2. The summed E-state index contributed by atoms with van der Waals surface area (Å²) in [5.41, 5.74) is 0.545. The third-order valence-electron chi connectivity index (χ3n) is 3.20. The largest absolute Gasteiger partial charge is 0.492 e. The van der Waals surface area contributed by atoms with E-state index < -0.39 is 23.2 Å². The predicted octanol–water partition coefficient (Wildman–Crippen LogP) is 1.10. The summed E-state index contributed by atoms with van der Waals surface area (Å²) in [6.45, 7) is 2.32. The fourth-order valence-electron chi connectivity index (χ4n) is 2.10. The maximum absolute atomic E-state index is 12.1. The number of ether oxygens (including phenoxy) is 1. The molecule has 0 aliphatic carbocycles. The van der Waals surface area contributed by atoms with E-state index in [1.165, 1.54) is 11.8 Å². The normalized spacial score (nSPS) is 20.5. The Balaban J connectivity index is 1.93. The van der Waals surface area contributed by atoms with E-state index in [1.54, 1.807) is 24.3 Å². The van der Waals surface area contributed by atoms with Crippen molar-refractivity contribution in [2.24, 2.45) is 0 Å². The van der Waals surface area contributed by atoms with Crippen molar-refractivity contribution in [2.45, 2.75) is 24.6 Å². The number of anilines is 1. The summed E-state index contributed by atoms with van der Waals surface area (Å²) in [7, 11) is 0. The van der Waals surface area contributed by atoms with Gasteiger partial charge >= 0.3 is 5.97 Å². The lowest BCUT2D eigenvalue weighted by atomic mass is 10.2. The first-order valence-corrected chi connectivity index (χ1v) is 8.22. The SMILES string of the molecule is CCOc1ccccc1NC(=O)C[C@H]1SC[C@H](C(=O)O)NC1=O. The third kappa shape index (κ3) is 4.62. The smallest absolute Gasteiger partial charge is 0.327 e. The summed E-state index contributed by atoms with van der Waals surface area (Å²) in [5, 5.41) is 13.4. The molecule has 1 aromatic carbocycles. The predicted molar refractivity (Wildman–Crippen MR) is 86.7 cm³/mol. The summed E-state index contributed by atoms with van der Waals surface area (Å²) in [6.07, 6.45) is -0.0245. The molecule has 1 aromatic rings. The van der Waals surface area contributed by atoms with Crippen LogP contribution in [0, 0.1) is 0 Å². The van der Waals surface area contributed by atoms with Crippen LogP contribution in [-0.4, -0.2) is 46.5 Å². The molecule has 3 N–H and O–H groups in total. The van der Waals surface area contributed by atoms with Gasteiger partial charge in [0, 0.05) is 12.2 Å². The highest BCUT2D eigenvalue weighted by atomic mass is 32.2. The van der Waals surface area contributed by atoms with Gasteiger partial charge in [-0.25, -0.2) is 4.79 Å². The molecule has 2 atom stereocenters. The van der Waals surface area contributed by atoms with E-state index in [0.717, 1.165) is 0 Å². The number of nitrogens with one attached hydrogen (secondary N) is 2. The molecule has 23 heavy (non-hydrogen) atoms. The summed E-state index contributed by atoms with van der Waals surface area (Å²) in [5.74, 6) is -1.01. The molecule has 124 valence electrons. The van der Waals surface area contributed by atoms with Crippen molar-refractivity contribution in [1.82, 2.24) is 5.32 Å². The van der Waals surface area contributed by atoms with Crippen LogP contribution in [0.3, 0.4) is 0 Å². The average molecular weight is 338 g/mol. The molecule has 2 rings (SSSR count). The molecular weight excluding hydrogens is 320 g/mol. The quantitative estimate of drug-likeness (QED) is 0.717. The number of amides is 2. The van der Waals surface area contributed by atoms with Crippen LogP contribution in [0.1, 0.15) is 13.3 Å². The van der Waals surface area contributed by atoms with E-state index in [-0.39, 0.29) is 18.1 Å². The van der Waals surface area contributed by atoms with Crippen LogP contribution in [0.2, 0.25) is 0 Å². The first-order chi connectivity index (χ1) is 11.0. The lowest BCUT2D eigenvalue weighted by molar-refractivity contribution is -0.141. The molecule has 0 radical (unpaired) electrons. The maximum atomic E-state index is 12.1. The van der Waals surface area contributed by atoms with Crippen LogP contribution >= 0.6 is 11.8 Å². The second-order valence-electron chi connectivity index (χ2n) is 4.90. The number of carboxylic acids is 1. The van der Waals surface area contributed by atoms with Crippen molar-refractivity contribution in [3.63, 3.8) is 0 Å². The molecule has 1 heterocycles. The number of carbonyl (C=O) groups is 3. The zero-order valence-corrected chi connectivity index (χ0v) is 13.4. The molecule has 0 saturated carbocycles. The number of aliphatic carboxylic acids is 1. The minimum atomic E-state index is -1.07. The van der Waals surface area contributed by atoms with Gasteiger partial charge in [-0.05, 0) is 19.1 Å². The Morgan fingerprint density at radius 1 is 1.43 bits per heavy atom. The number of benzene rings is 1. The standard InChI is InChI=1S/C15H18N2O5S/c1-2-22-11-6-4-3-5-9(11)16-13(18)7-12-14(19)17-10(8-23-12)15(20)21/h3-6,10,12H,2,7-8H2,1H3,(H,16,18)(H,17,19)(H,20,21)/t10-,12-/m1/s1. The Morgan fingerprint density at radius 3 is 2.83 bits per heavy atom. The average Bonchev–Trinajstić information content (AvgIpc) is 2.51. The van der Waals surface area contributed by atoms with Gasteiger partial charge in [0.05, 0.1) is 17.5 Å². The van der Waals surface area contributed by atoms with E-state index in [2.05, 4.69) is 10.6 Å². The number of thioether (sulfide) groups is 1. The van der Waals surface area contributed by atoms with Crippen LogP contribution in [-0.2, 0) is 14.4 Å². The molecular formula is C15H18N2O5S. The Labute approximate surface area is 137 Å². The van der Waals surface area contributed by atoms with Gasteiger partial charge in [0.15, 0.2) is 0 Å². The minimum absolute atomic E-state index is 0.0245. The number of hydrogen-bond acceptors (Lipinski definition) is 5. The molecule has 2 amide bonds. The highest BCUT2D eigenvalue weighted by Crippen LogP contribution is 2.25. The van der Waals surface area contributed by atoms with Gasteiger partial charge in [-0.3, -0.25) is 9.59 Å². The second kappa shape index (κ2) is 7.87. The van der Waals surface area contributed by atoms with Gasteiger partial charge in [-0.1, -0.05) is 12.1 Å². The summed E-state index contributed by atoms with van der Waals surface area (Å²) in [6, 6.07) is 6.15. The van der Waals surface area contributed by atoms with E-state index in [4.69, 9.17) is 9.84 Å². The van der Waals surface area contributed by atoms with Crippen molar-refractivity contribution < 1.29 is 24.2 Å². The van der Waals surface area contributed by atoms with Crippen molar-refractivity contribution in [1.29, 1.82) is 0 Å². The monoisotopic (exact) mass is 338 g/mol. The molecule has 8 heteroatoms. The molecule has 0 bridgehead atoms. The van der Waals surface area contributed by atoms with Crippen molar-refractivity contribution in [3.05, 3.63) is 24.3 Å². The van der Waals surface area contributed by atoms with Gasteiger partial charge in [0.1, 0.15) is 11.8 Å². The van der Waals surface area contributed by atoms with Crippen LogP contribution in [0.25, 0.3) is 0 Å². The zero-order chi connectivity index (χ0) is 16.8. The fraction of sp³-hybridized carbons (Fsp3) is 0.400. The Morgan fingerprint density at radius 2 is 2.17 bits per heavy atom. The first kappa shape index (κ1) is 17.1. The van der Waals surface area contributed by atoms with Crippen molar-refractivity contribution in [3.8, 4) is 5.75 Å². The fourth-order valence-corrected chi connectivity index (χ4v) is 3.24. The van der Waals surface area contributed by atoms with Gasteiger partial charge in [-0.15, -0.1) is 11.8 Å². The molecule has 1 fully saturated rings. The van der Waals surface area contributed by atoms with Crippen LogP contribution < -0.4 is 15.4 Å². The lowest BCUT2D eigenvalue weighted by Gasteiger charge is -2.25. The lowest BCUT2D eigenvalue weighted by Crippen LogP contribution is -2.51. The highest BCUT2D eigenvalue weighted by Gasteiger charge is 2.33. The molecule has 0 spiro atoms. The number of carbonyl (C=O) groups excluding carboxylic acids is 2. The third-order valence-corrected chi connectivity index (χ3v) is 4.51. The molecule has 1 aliphatic rings. The van der Waals surface area contributed by atoms with Gasteiger partial charge in [0.2, 0.25) is 11.8 Å². The Bertz CT molecular complexity index is 607. The number of hydrogen-bond donors (Lipinski definition) is 3. The zero-order valence-electron chi connectivity index (χ0n) is 12.6. The molecule has 1 saturated heterocycles. The van der Waals surface area contributed by atoms with Crippen molar-refractivity contribution in [2.75, 3.05) is 17.7 Å². The highest BCUT2D eigenvalue weighted by molar-refractivity contribution is 8.00. The van der Waals surface area contributed by atoms with E-state index in [0.29, 0.717) is 18.0 Å². The Hall–Kier alpha value is -2.22. The first-order valence-electron chi connectivity index (χ1n) is 7.17. The minimum Gasteiger partial charge on any atom is -0.492 e. The number of rotatable bonds is 6. The van der Waals surface area contributed by atoms with E-state index in [1.807, 2.05) is 6.92 Å². The Kier molecular flexibility index (Phi) is 5.86. The summed E-state index contributed by atoms with van der Waals surface area (Å²) in [4.78, 5) is 34.8. The van der Waals surface area contributed by atoms with Crippen LogP contribution in [0.15, 0.2) is 24.3 Å². The summed E-state index contributed by atoms with van der Waals surface area (Å²) >= 11 is 1.18. The summed E-state index contributed by atoms with van der Waals surface area (Å²) < 4.78 is 5.42. The van der Waals surface area contributed by atoms with Crippen molar-refractivity contribution >= 4 is 35.2 Å². The second-order valence-corrected chi connectivity index (χ2v) is 6.14. The van der Waals surface area contributed by atoms with E-state index >= 15 is 0 Å². The van der Waals surface area contributed by atoms with Crippen LogP contribution in [0.4, 0.5) is 5.69 Å². The van der Waals surface area contributed by atoms with E-state index in [9.17, 15) is 14.4 Å². The van der Waals surface area contributed by atoms with Crippen LogP contribution in [0.5, 0.6) is 5.75 Å². The number of carboxylic acid groups (broad SMARTS) is 1. The molecule has 7 nitrogen and oxygen atoms in total.